The summed E-state index contributed by atoms with van der Waals surface area (Å²) in [5, 5.41) is 4.72. The van der Waals surface area contributed by atoms with E-state index in [0.717, 1.165) is 70.7 Å². The van der Waals surface area contributed by atoms with Gasteiger partial charge in [0, 0.05) is 37.0 Å². The number of thiophene rings is 1. The van der Waals surface area contributed by atoms with Crippen LogP contribution in [0.25, 0.3) is 20.4 Å². The van der Waals surface area contributed by atoms with E-state index >= 15 is 0 Å². The van der Waals surface area contributed by atoms with Gasteiger partial charge in [0.1, 0.15) is 22.8 Å². The van der Waals surface area contributed by atoms with Gasteiger partial charge in [0.2, 0.25) is 0 Å². The maximum absolute atomic E-state index is 6.25. The number of benzene rings is 1. The van der Waals surface area contributed by atoms with Crippen molar-refractivity contribution in [2.75, 3.05) is 44.1 Å². The van der Waals surface area contributed by atoms with Crippen molar-refractivity contribution in [1.29, 1.82) is 0 Å². The summed E-state index contributed by atoms with van der Waals surface area (Å²) in [6.45, 7) is 7.78. The summed E-state index contributed by atoms with van der Waals surface area (Å²) in [6, 6.07) is 6.04. The van der Waals surface area contributed by atoms with Gasteiger partial charge in [-0.2, -0.15) is 0 Å². The zero-order valence-electron chi connectivity index (χ0n) is 21.9. The first kappa shape index (κ1) is 24.2. The normalized spacial score (nSPS) is 16.8. The Morgan fingerprint density at radius 2 is 1.89 bits per heavy atom. The molecule has 6 rings (SSSR count). The van der Waals surface area contributed by atoms with Gasteiger partial charge in [0.25, 0.3) is 0 Å². The van der Waals surface area contributed by atoms with E-state index in [-0.39, 0.29) is 5.60 Å². The number of aromatic nitrogens is 3. The van der Waals surface area contributed by atoms with E-state index in [1.165, 1.54) is 34.9 Å². The third kappa shape index (κ3) is 4.44. The van der Waals surface area contributed by atoms with Crippen molar-refractivity contribution >= 4 is 43.4 Å². The summed E-state index contributed by atoms with van der Waals surface area (Å²) in [5.74, 6) is 3.43. The Balaban J connectivity index is 1.35. The number of nitrogens with zero attached hydrogens (tertiary/aromatic N) is 4. The van der Waals surface area contributed by atoms with Crippen molar-refractivity contribution in [2.24, 2.45) is 0 Å². The van der Waals surface area contributed by atoms with Crippen LogP contribution < -0.4 is 19.7 Å². The standard InChI is InChI=1S/C28H33N5O3S/c1-28(2)14-18-19(15-36-28)26(33-11-5-6-12-33)32-27-22(18)23-24(37-27)25(31-16-30-23)29-10-9-17-7-8-20(34-3)21(13-17)35-4/h7-8,13,16H,5-6,9-12,14-15H2,1-4H3,(H,29,30,31). The third-order valence-corrected chi connectivity index (χ3v) is 8.45. The number of nitrogens with one attached hydrogen (secondary N) is 1. The number of ether oxygens (including phenoxy) is 3. The first-order valence-corrected chi connectivity index (χ1v) is 13.7. The predicted octanol–water partition coefficient (Wildman–Crippen LogP) is 5.36. The minimum absolute atomic E-state index is 0.217. The highest BCUT2D eigenvalue weighted by molar-refractivity contribution is 7.26. The molecule has 1 aromatic carbocycles. The molecule has 0 atom stereocenters. The molecule has 0 spiro atoms. The Kier molecular flexibility index (Phi) is 6.28. The molecular formula is C28H33N5O3S. The van der Waals surface area contributed by atoms with Crippen LogP contribution in [0.3, 0.4) is 0 Å². The largest absolute Gasteiger partial charge is 0.493 e. The molecule has 1 saturated heterocycles. The van der Waals surface area contributed by atoms with Crippen molar-refractivity contribution in [2.45, 2.75) is 51.7 Å². The van der Waals surface area contributed by atoms with Crippen LogP contribution >= 0.6 is 11.3 Å². The Hall–Kier alpha value is -3.17. The molecule has 0 saturated carbocycles. The second-order valence-electron chi connectivity index (χ2n) is 10.4. The van der Waals surface area contributed by atoms with Crippen molar-refractivity contribution < 1.29 is 14.2 Å². The molecule has 4 aromatic rings. The second-order valence-corrected chi connectivity index (χ2v) is 11.4. The summed E-state index contributed by atoms with van der Waals surface area (Å²) in [7, 11) is 3.31. The van der Waals surface area contributed by atoms with Gasteiger partial charge in [-0.25, -0.2) is 15.0 Å². The van der Waals surface area contributed by atoms with Crippen LogP contribution in [0.4, 0.5) is 11.6 Å². The molecule has 9 heteroatoms. The molecule has 37 heavy (non-hydrogen) atoms. The summed E-state index contributed by atoms with van der Waals surface area (Å²) in [6.07, 6.45) is 5.77. The maximum Gasteiger partial charge on any atom is 0.160 e. The molecule has 1 N–H and O–H groups in total. The molecule has 3 aromatic heterocycles. The fourth-order valence-electron chi connectivity index (χ4n) is 5.47. The molecule has 0 unspecified atom stereocenters. The number of rotatable bonds is 7. The van der Waals surface area contributed by atoms with E-state index in [4.69, 9.17) is 24.2 Å². The van der Waals surface area contributed by atoms with Gasteiger partial charge in [0.15, 0.2) is 11.5 Å². The quantitative estimate of drug-likeness (QED) is 0.349. The predicted molar refractivity (Wildman–Crippen MR) is 148 cm³/mol. The number of pyridine rings is 1. The number of fused-ring (bicyclic) bond motifs is 5. The average molecular weight is 520 g/mol. The minimum Gasteiger partial charge on any atom is -0.493 e. The first-order chi connectivity index (χ1) is 18.0. The van der Waals surface area contributed by atoms with Crippen LogP contribution in [-0.4, -0.2) is 54.4 Å². The molecule has 2 aliphatic heterocycles. The molecule has 0 amide bonds. The van der Waals surface area contributed by atoms with Gasteiger partial charge in [-0.1, -0.05) is 6.07 Å². The molecule has 194 valence electrons. The van der Waals surface area contributed by atoms with Crippen LogP contribution in [0.5, 0.6) is 11.5 Å². The third-order valence-electron chi connectivity index (χ3n) is 7.37. The van der Waals surface area contributed by atoms with Gasteiger partial charge >= 0.3 is 0 Å². The lowest BCUT2D eigenvalue weighted by molar-refractivity contribution is -0.0395. The molecule has 1 fully saturated rings. The summed E-state index contributed by atoms with van der Waals surface area (Å²) in [4.78, 5) is 18.0. The van der Waals surface area contributed by atoms with Gasteiger partial charge in [-0.3, -0.25) is 0 Å². The molecule has 5 heterocycles. The fourth-order valence-corrected chi connectivity index (χ4v) is 6.59. The van der Waals surface area contributed by atoms with E-state index < -0.39 is 0 Å². The number of methoxy groups -OCH3 is 2. The Bertz CT molecular complexity index is 1460. The molecule has 0 bridgehead atoms. The molecule has 2 aliphatic rings. The highest BCUT2D eigenvalue weighted by atomic mass is 32.1. The van der Waals surface area contributed by atoms with Crippen molar-refractivity contribution in [1.82, 2.24) is 15.0 Å². The smallest absolute Gasteiger partial charge is 0.160 e. The molecular weight excluding hydrogens is 486 g/mol. The van der Waals surface area contributed by atoms with Crippen LogP contribution in [0.1, 0.15) is 43.4 Å². The summed E-state index contributed by atoms with van der Waals surface area (Å²) in [5.41, 5.74) is 4.50. The molecule has 0 aliphatic carbocycles. The maximum atomic E-state index is 6.25. The number of anilines is 2. The van der Waals surface area contributed by atoms with Crippen molar-refractivity contribution in [3.8, 4) is 11.5 Å². The lowest BCUT2D eigenvalue weighted by Gasteiger charge is -2.34. The van der Waals surface area contributed by atoms with Gasteiger partial charge in [-0.05, 0) is 56.4 Å². The highest BCUT2D eigenvalue weighted by Gasteiger charge is 2.33. The van der Waals surface area contributed by atoms with Crippen LogP contribution in [0.2, 0.25) is 0 Å². The fraction of sp³-hybridized carbons (Fsp3) is 0.464. The van der Waals surface area contributed by atoms with Crippen LogP contribution in [-0.2, 0) is 24.2 Å². The highest BCUT2D eigenvalue weighted by Crippen LogP contribution is 2.44. The summed E-state index contributed by atoms with van der Waals surface area (Å²) >= 11 is 1.69. The van der Waals surface area contributed by atoms with E-state index in [9.17, 15) is 0 Å². The number of hydrogen-bond acceptors (Lipinski definition) is 9. The monoisotopic (exact) mass is 519 g/mol. The Labute approximate surface area is 221 Å². The van der Waals surface area contributed by atoms with E-state index in [1.807, 2.05) is 12.1 Å². The topological polar surface area (TPSA) is 81.6 Å². The Morgan fingerprint density at radius 1 is 1.08 bits per heavy atom. The lowest BCUT2D eigenvalue weighted by Crippen LogP contribution is -2.33. The van der Waals surface area contributed by atoms with Crippen molar-refractivity contribution in [3.63, 3.8) is 0 Å². The van der Waals surface area contributed by atoms with Crippen LogP contribution in [0.15, 0.2) is 24.5 Å². The minimum atomic E-state index is -0.217. The van der Waals surface area contributed by atoms with E-state index in [1.54, 1.807) is 31.9 Å². The van der Waals surface area contributed by atoms with Gasteiger partial charge in [-0.15, -0.1) is 11.3 Å². The van der Waals surface area contributed by atoms with Crippen LogP contribution in [0, 0.1) is 0 Å². The van der Waals surface area contributed by atoms with Crippen molar-refractivity contribution in [3.05, 3.63) is 41.2 Å². The number of hydrogen-bond donors (Lipinski definition) is 1. The summed E-state index contributed by atoms with van der Waals surface area (Å²) < 4.78 is 18.1. The van der Waals surface area contributed by atoms with Gasteiger partial charge < -0.3 is 24.4 Å². The SMILES string of the molecule is COc1ccc(CCNc2ncnc3c2sc2nc(N4CCCC4)c4c(c23)CC(C)(C)OC4)cc1OC. The molecule has 8 nitrogen and oxygen atoms in total. The molecule has 0 radical (unpaired) electrons. The zero-order chi connectivity index (χ0) is 25.6. The zero-order valence-corrected chi connectivity index (χ0v) is 22.7. The van der Waals surface area contributed by atoms with Gasteiger partial charge in [0.05, 0.1) is 36.6 Å². The lowest BCUT2D eigenvalue weighted by atomic mass is 9.90. The second kappa shape index (κ2) is 9.61. The van der Waals surface area contributed by atoms with E-state index in [0.29, 0.717) is 6.61 Å². The van der Waals surface area contributed by atoms with E-state index in [2.05, 4.69) is 35.1 Å². The first-order valence-electron chi connectivity index (χ1n) is 12.9. The average Bonchev–Trinajstić information content (AvgIpc) is 3.56. The Morgan fingerprint density at radius 3 is 2.68 bits per heavy atom.